The minimum atomic E-state index is -0.781. The van der Waals surface area contributed by atoms with E-state index in [0.717, 1.165) is 32.1 Å². The molecule has 130 valence electrons. The number of amides is 2. The van der Waals surface area contributed by atoms with Crippen LogP contribution < -0.4 is 16.0 Å². The van der Waals surface area contributed by atoms with Crippen molar-refractivity contribution in [3.8, 4) is 0 Å². The Bertz CT molecular complexity index is 451. The minimum absolute atomic E-state index is 0.0532. The summed E-state index contributed by atoms with van der Waals surface area (Å²) in [5.41, 5.74) is 0. The van der Waals surface area contributed by atoms with Crippen molar-refractivity contribution < 1.29 is 19.1 Å². The smallest absolute Gasteiger partial charge is 0.328 e. The zero-order valence-electron chi connectivity index (χ0n) is 13.9. The van der Waals surface area contributed by atoms with Crippen LogP contribution in [0.4, 0.5) is 0 Å². The van der Waals surface area contributed by atoms with E-state index in [0.29, 0.717) is 12.5 Å². The molecular formula is C16H27N3O4. The summed E-state index contributed by atoms with van der Waals surface area (Å²) in [7, 11) is 3.04. The second-order valence-corrected chi connectivity index (χ2v) is 6.47. The standard InChI is InChI=1S/C16H27N3O4/c1-17-12(8-10-5-6-10)15(21)19-13(16(22)23-2)9-11-4-3-7-18-14(11)20/h10-13,17H,3-9H2,1-2H3,(H,18,20)(H,19,21)/t11-,12?,13?/m0/s1. The molecule has 1 saturated carbocycles. The summed E-state index contributed by atoms with van der Waals surface area (Å²) in [5.74, 6) is -0.421. The van der Waals surface area contributed by atoms with Gasteiger partial charge in [-0.2, -0.15) is 0 Å². The van der Waals surface area contributed by atoms with Crippen molar-refractivity contribution in [2.75, 3.05) is 20.7 Å². The quantitative estimate of drug-likeness (QED) is 0.544. The molecule has 0 spiro atoms. The number of hydrogen-bond acceptors (Lipinski definition) is 5. The summed E-state index contributed by atoms with van der Waals surface area (Å²) in [6, 6.07) is -1.09. The third kappa shape index (κ3) is 5.20. The Morgan fingerprint density at radius 1 is 1.26 bits per heavy atom. The molecule has 1 saturated heterocycles. The van der Waals surface area contributed by atoms with Crippen molar-refractivity contribution in [2.45, 2.75) is 50.6 Å². The highest BCUT2D eigenvalue weighted by Crippen LogP contribution is 2.33. The maximum atomic E-state index is 12.4. The highest BCUT2D eigenvalue weighted by atomic mass is 16.5. The van der Waals surface area contributed by atoms with Crippen LogP contribution in [0.3, 0.4) is 0 Å². The van der Waals surface area contributed by atoms with Gasteiger partial charge in [-0.05, 0) is 38.6 Å². The molecular weight excluding hydrogens is 298 g/mol. The molecule has 2 rings (SSSR count). The first-order valence-electron chi connectivity index (χ1n) is 8.38. The fourth-order valence-corrected chi connectivity index (χ4v) is 3.02. The van der Waals surface area contributed by atoms with Gasteiger partial charge in [-0.3, -0.25) is 9.59 Å². The highest BCUT2D eigenvalue weighted by molar-refractivity contribution is 5.88. The lowest BCUT2D eigenvalue weighted by Gasteiger charge is -2.26. The molecule has 2 amide bonds. The number of rotatable bonds is 8. The number of likely N-dealkylation sites (N-methyl/N-ethyl adjacent to an activating group) is 1. The monoisotopic (exact) mass is 325 g/mol. The van der Waals surface area contributed by atoms with Crippen molar-refractivity contribution in [1.82, 2.24) is 16.0 Å². The second kappa shape index (κ2) is 8.29. The molecule has 3 N–H and O–H groups in total. The van der Waals surface area contributed by atoms with Gasteiger partial charge < -0.3 is 20.7 Å². The number of piperidine rings is 1. The SMILES string of the molecule is CNC(CC1CC1)C(=O)NC(C[C@@H]1CCCNC1=O)C(=O)OC. The summed E-state index contributed by atoms with van der Waals surface area (Å²) < 4.78 is 4.79. The van der Waals surface area contributed by atoms with Crippen LogP contribution >= 0.6 is 0 Å². The van der Waals surface area contributed by atoms with Crippen LogP contribution in [0, 0.1) is 11.8 Å². The first-order valence-corrected chi connectivity index (χ1v) is 8.38. The van der Waals surface area contributed by atoms with Crippen molar-refractivity contribution in [3.05, 3.63) is 0 Å². The van der Waals surface area contributed by atoms with Gasteiger partial charge in [0.05, 0.1) is 13.2 Å². The lowest BCUT2D eigenvalue weighted by Crippen LogP contribution is -2.51. The van der Waals surface area contributed by atoms with E-state index in [2.05, 4.69) is 16.0 Å². The Balaban J connectivity index is 1.94. The number of carbonyl (C=O) groups is 3. The lowest BCUT2D eigenvalue weighted by molar-refractivity contribution is -0.146. The number of carbonyl (C=O) groups excluding carboxylic acids is 3. The van der Waals surface area contributed by atoms with Gasteiger partial charge in [0.15, 0.2) is 0 Å². The summed E-state index contributed by atoms with van der Waals surface area (Å²) in [6.45, 7) is 0.674. The van der Waals surface area contributed by atoms with E-state index in [-0.39, 0.29) is 30.2 Å². The number of nitrogens with one attached hydrogen (secondary N) is 3. The van der Waals surface area contributed by atoms with Crippen LogP contribution in [0.1, 0.15) is 38.5 Å². The van der Waals surface area contributed by atoms with E-state index in [9.17, 15) is 14.4 Å². The first-order chi connectivity index (χ1) is 11.0. The predicted octanol–water partition coefficient (Wildman–Crippen LogP) is -0.0514. The van der Waals surface area contributed by atoms with E-state index in [1.165, 1.54) is 7.11 Å². The molecule has 7 nitrogen and oxygen atoms in total. The molecule has 0 aromatic heterocycles. The largest absolute Gasteiger partial charge is 0.467 e. The third-order valence-electron chi connectivity index (χ3n) is 4.65. The maximum absolute atomic E-state index is 12.4. The molecule has 2 fully saturated rings. The molecule has 2 aliphatic rings. The summed E-state index contributed by atoms with van der Waals surface area (Å²) in [6.07, 6.45) is 5.00. The molecule has 3 atom stereocenters. The van der Waals surface area contributed by atoms with Gasteiger partial charge in [0.2, 0.25) is 11.8 Å². The second-order valence-electron chi connectivity index (χ2n) is 6.47. The van der Waals surface area contributed by atoms with Gasteiger partial charge in [-0.15, -0.1) is 0 Å². The van der Waals surface area contributed by atoms with Crippen molar-refractivity contribution in [3.63, 3.8) is 0 Å². The molecule has 0 aromatic rings. The van der Waals surface area contributed by atoms with Gasteiger partial charge in [0, 0.05) is 12.5 Å². The number of esters is 1. The van der Waals surface area contributed by atoms with Crippen LogP contribution in [-0.4, -0.2) is 50.6 Å². The van der Waals surface area contributed by atoms with E-state index < -0.39 is 12.0 Å². The van der Waals surface area contributed by atoms with Crippen molar-refractivity contribution in [1.29, 1.82) is 0 Å². The molecule has 1 heterocycles. The first kappa shape index (κ1) is 17.7. The van der Waals surface area contributed by atoms with Crippen molar-refractivity contribution in [2.24, 2.45) is 11.8 Å². The van der Waals surface area contributed by atoms with Crippen LogP contribution in [-0.2, 0) is 19.1 Å². The highest BCUT2D eigenvalue weighted by Gasteiger charge is 2.33. The Hall–Kier alpha value is -1.63. The lowest BCUT2D eigenvalue weighted by atomic mass is 9.91. The van der Waals surface area contributed by atoms with Gasteiger partial charge >= 0.3 is 5.97 Å². The van der Waals surface area contributed by atoms with Crippen LogP contribution in [0.25, 0.3) is 0 Å². The normalized spacial score (nSPS) is 23.6. The fourth-order valence-electron chi connectivity index (χ4n) is 3.02. The van der Waals surface area contributed by atoms with E-state index in [1.807, 2.05) is 0 Å². The van der Waals surface area contributed by atoms with Gasteiger partial charge in [0.1, 0.15) is 6.04 Å². The van der Waals surface area contributed by atoms with Crippen LogP contribution in [0.5, 0.6) is 0 Å². The zero-order chi connectivity index (χ0) is 16.8. The Morgan fingerprint density at radius 2 is 2.00 bits per heavy atom. The van der Waals surface area contributed by atoms with Gasteiger partial charge in [-0.1, -0.05) is 12.8 Å². The molecule has 7 heteroatoms. The summed E-state index contributed by atoms with van der Waals surface area (Å²) in [5, 5.41) is 8.57. The molecule has 0 bridgehead atoms. The summed E-state index contributed by atoms with van der Waals surface area (Å²) in [4.78, 5) is 36.3. The van der Waals surface area contributed by atoms with E-state index in [1.54, 1.807) is 7.05 Å². The molecule has 1 aliphatic carbocycles. The van der Waals surface area contributed by atoms with Gasteiger partial charge in [-0.25, -0.2) is 4.79 Å². The molecule has 0 aromatic carbocycles. The predicted molar refractivity (Wildman–Crippen MR) is 84.5 cm³/mol. The molecule has 1 aliphatic heterocycles. The number of ether oxygens (including phenoxy) is 1. The molecule has 23 heavy (non-hydrogen) atoms. The number of hydrogen-bond donors (Lipinski definition) is 3. The van der Waals surface area contributed by atoms with E-state index in [4.69, 9.17) is 4.74 Å². The van der Waals surface area contributed by atoms with Gasteiger partial charge in [0.25, 0.3) is 0 Å². The van der Waals surface area contributed by atoms with Crippen LogP contribution in [0.2, 0.25) is 0 Å². The summed E-state index contributed by atoms with van der Waals surface area (Å²) >= 11 is 0. The zero-order valence-corrected chi connectivity index (χ0v) is 13.9. The maximum Gasteiger partial charge on any atom is 0.328 e. The van der Waals surface area contributed by atoms with Crippen molar-refractivity contribution >= 4 is 17.8 Å². The average molecular weight is 325 g/mol. The minimum Gasteiger partial charge on any atom is -0.467 e. The van der Waals surface area contributed by atoms with E-state index >= 15 is 0 Å². The number of methoxy groups -OCH3 is 1. The van der Waals surface area contributed by atoms with Crippen LogP contribution in [0.15, 0.2) is 0 Å². The average Bonchev–Trinajstić information content (AvgIpc) is 3.37. The molecule has 0 radical (unpaired) electrons. The topological polar surface area (TPSA) is 96.5 Å². The molecule has 2 unspecified atom stereocenters. The Morgan fingerprint density at radius 3 is 2.57 bits per heavy atom. The third-order valence-corrected chi connectivity index (χ3v) is 4.65. The fraction of sp³-hybridized carbons (Fsp3) is 0.812. The Kier molecular flexibility index (Phi) is 6.38. The Labute approximate surface area is 136 Å².